The second kappa shape index (κ2) is 10.9. The number of hydrogen-bond donors (Lipinski definition) is 1. The minimum atomic E-state index is -4.88. The molecule has 4 heterocycles. The van der Waals surface area contributed by atoms with Crippen molar-refractivity contribution in [1.82, 2.24) is 25.0 Å². The molecule has 44 heavy (non-hydrogen) atoms. The largest absolute Gasteiger partial charge is 0.494 e. The highest BCUT2D eigenvalue weighted by Gasteiger charge is 2.51. The van der Waals surface area contributed by atoms with Crippen molar-refractivity contribution >= 4 is 17.5 Å². The molecule has 0 unspecified atom stereocenters. The van der Waals surface area contributed by atoms with Gasteiger partial charge in [0.1, 0.15) is 22.9 Å². The summed E-state index contributed by atoms with van der Waals surface area (Å²) in [4.78, 5) is 34.2. The standard InChI is InChI=1S/C30H25F5N6O3/c1-44-26-13-19(31)4-7-24(26)40-17-37-28(43)29(40)8-11-39(12-9-29)27(42)23-15-25(18-3-2-10-36-16-18)41(38-23)20-5-6-21(22(32)14-20)30(33,34)35/h2-7,10,13-16H,8-9,11-12,17H2,1H3,(H,37,43). The van der Waals surface area contributed by atoms with Gasteiger partial charge in [-0.05, 0) is 55.3 Å². The average Bonchev–Trinajstić information content (AvgIpc) is 3.59. The minimum Gasteiger partial charge on any atom is -0.494 e. The molecule has 0 aliphatic carbocycles. The summed E-state index contributed by atoms with van der Waals surface area (Å²) in [5.74, 6) is -2.38. The quantitative estimate of drug-likeness (QED) is 0.326. The fourth-order valence-electron chi connectivity index (χ4n) is 5.79. The van der Waals surface area contributed by atoms with Crippen molar-refractivity contribution < 1.29 is 36.3 Å². The maximum atomic E-state index is 14.5. The summed E-state index contributed by atoms with van der Waals surface area (Å²) in [7, 11) is 1.41. The van der Waals surface area contributed by atoms with E-state index in [1.807, 2.05) is 4.90 Å². The summed E-state index contributed by atoms with van der Waals surface area (Å²) in [5, 5.41) is 7.22. The summed E-state index contributed by atoms with van der Waals surface area (Å²) in [6.07, 6.45) is -1.35. The van der Waals surface area contributed by atoms with Gasteiger partial charge in [0.2, 0.25) is 5.91 Å². The van der Waals surface area contributed by atoms with Crippen LogP contribution in [-0.2, 0) is 11.0 Å². The monoisotopic (exact) mass is 612 g/mol. The van der Waals surface area contributed by atoms with Gasteiger partial charge in [-0.15, -0.1) is 0 Å². The Bertz CT molecular complexity index is 1730. The number of benzene rings is 2. The summed E-state index contributed by atoms with van der Waals surface area (Å²) in [5.41, 5.74) is -1.10. The number of likely N-dealkylation sites (tertiary alicyclic amines) is 1. The Balaban J connectivity index is 1.29. The lowest BCUT2D eigenvalue weighted by Crippen LogP contribution is -2.57. The van der Waals surface area contributed by atoms with Crippen LogP contribution in [0.15, 0.2) is 67.0 Å². The van der Waals surface area contributed by atoms with Crippen LogP contribution in [0.1, 0.15) is 28.9 Å². The number of pyridine rings is 1. The average molecular weight is 613 g/mol. The van der Waals surface area contributed by atoms with E-state index in [2.05, 4.69) is 15.4 Å². The second-order valence-electron chi connectivity index (χ2n) is 10.5. The zero-order valence-electron chi connectivity index (χ0n) is 23.2. The van der Waals surface area contributed by atoms with E-state index in [4.69, 9.17) is 4.74 Å². The topological polar surface area (TPSA) is 92.6 Å². The molecule has 9 nitrogen and oxygen atoms in total. The summed E-state index contributed by atoms with van der Waals surface area (Å²) >= 11 is 0. The molecule has 0 bridgehead atoms. The van der Waals surface area contributed by atoms with Gasteiger partial charge in [0, 0.05) is 43.2 Å². The van der Waals surface area contributed by atoms with Gasteiger partial charge in [-0.2, -0.15) is 18.3 Å². The lowest BCUT2D eigenvalue weighted by molar-refractivity contribution is -0.140. The predicted octanol–water partition coefficient (Wildman–Crippen LogP) is 4.81. The first kappa shape index (κ1) is 29.1. The van der Waals surface area contributed by atoms with Crippen LogP contribution in [0.4, 0.5) is 27.6 Å². The highest BCUT2D eigenvalue weighted by Crippen LogP contribution is 2.41. The van der Waals surface area contributed by atoms with E-state index in [9.17, 15) is 31.5 Å². The third-order valence-electron chi connectivity index (χ3n) is 8.04. The van der Waals surface area contributed by atoms with Gasteiger partial charge in [-0.1, -0.05) is 0 Å². The molecular weight excluding hydrogens is 587 g/mol. The lowest BCUT2D eigenvalue weighted by Gasteiger charge is -2.43. The normalized spacial score (nSPS) is 16.4. The number of rotatable bonds is 5. The maximum absolute atomic E-state index is 14.5. The van der Waals surface area contributed by atoms with Crippen LogP contribution in [0.3, 0.4) is 0 Å². The molecule has 2 amide bonds. The molecule has 1 spiro atoms. The number of amides is 2. The number of nitrogens with zero attached hydrogens (tertiary/aromatic N) is 5. The molecule has 2 saturated heterocycles. The fourth-order valence-corrected chi connectivity index (χ4v) is 5.79. The van der Waals surface area contributed by atoms with E-state index in [0.717, 1.165) is 6.07 Å². The molecule has 0 radical (unpaired) electrons. The van der Waals surface area contributed by atoms with Crippen LogP contribution in [0.5, 0.6) is 5.75 Å². The van der Waals surface area contributed by atoms with Crippen LogP contribution in [0.25, 0.3) is 16.9 Å². The number of hydrogen-bond acceptors (Lipinski definition) is 6. The molecule has 228 valence electrons. The highest BCUT2D eigenvalue weighted by molar-refractivity contribution is 5.96. The Morgan fingerprint density at radius 3 is 2.48 bits per heavy atom. The molecule has 2 aromatic carbocycles. The number of nitrogens with one attached hydrogen (secondary N) is 1. The molecule has 2 aromatic heterocycles. The molecular formula is C30H25F5N6O3. The first-order chi connectivity index (χ1) is 21.0. The third kappa shape index (κ3) is 4.99. The summed E-state index contributed by atoms with van der Waals surface area (Å²) in [6.45, 7) is 0.532. The number of alkyl halides is 3. The number of methoxy groups -OCH3 is 1. The third-order valence-corrected chi connectivity index (χ3v) is 8.04. The molecule has 2 aliphatic rings. The van der Waals surface area contributed by atoms with E-state index in [0.29, 0.717) is 29.1 Å². The van der Waals surface area contributed by atoms with Gasteiger partial charge >= 0.3 is 6.18 Å². The zero-order chi connectivity index (χ0) is 31.2. The first-order valence-corrected chi connectivity index (χ1v) is 13.6. The molecule has 14 heteroatoms. The van der Waals surface area contributed by atoms with Crippen LogP contribution < -0.4 is 15.0 Å². The fraction of sp³-hybridized carbons (Fsp3) is 0.267. The Kier molecular flexibility index (Phi) is 7.22. The van der Waals surface area contributed by atoms with Gasteiger partial charge in [-0.3, -0.25) is 14.6 Å². The summed E-state index contributed by atoms with van der Waals surface area (Å²) < 4.78 is 74.5. The van der Waals surface area contributed by atoms with E-state index >= 15 is 0 Å². The zero-order valence-corrected chi connectivity index (χ0v) is 23.2. The Labute approximate surface area is 247 Å². The second-order valence-corrected chi connectivity index (χ2v) is 10.5. The minimum absolute atomic E-state index is 0.0162. The van der Waals surface area contributed by atoms with E-state index in [-0.39, 0.29) is 55.6 Å². The molecule has 1 N–H and O–H groups in total. The number of piperidine rings is 1. The first-order valence-electron chi connectivity index (χ1n) is 13.6. The number of carbonyl (C=O) groups is 2. The SMILES string of the molecule is COc1cc(F)ccc1N1CNC(=O)C12CCN(C(=O)c1cc(-c3cccnc3)n(-c3ccc(C(F)(F)F)c(F)c3)n1)CC2. The van der Waals surface area contributed by atoms with Crippen LogP contribution in [0, 0.1) is 11.6 Å². The van der Waals surface area contributed by atoms with Gasteiger partial charge < -0.3 is 19.9 Å². The molecule has 2 fully saturated rings. The number of aromatic nitrogens is 3. The predicted molar refractivity (Wildman–Crippen MR) is 148 cm³/mol. The van der Waals surface area contributed by atoms with Crippen molar-refractivity contribution in [3.63, 3.8) is 0 Å². The van der Waals surface area contributed by atoms with Gasteiger partial charge in [0.05, 0.1) is 36.4 Å². The molecule has 0 atom stereocenters. The van der Waals surface area contributed by atoms with Crippen molar-refractivity contribution in [2.75, 3.05) is 31.8 Å². The van der Waals surface area contributed by atoms with Crippen molar-refractivity contribution in [1.29, 1.82) is 0 Å². The van der Waals surface area contributed by atoms with Gasteiger partial charge in [0.25, 0.3) is 5.91 Å². The number of halogens is 5. The van der Waals surface area contributed by atoms with Crippen LogP contribution >= 0.6 is 0 Å². The lowest BCUT2D eigenvalue weighted by atomic mass is 9.85. The Hall–Kier alpha value is -5.01. The molecule has 0 saturated carbocycles. The van der Waals surface area contributed by atoms with E-state index < -0.39 is 34.8 Å². The molecule has 2 aliphatic heterocycles. The van der Waals surface area contributed by atoms with Crippen LogP contribution in [0.2, 0.25) is 0 Å². The maximum Gasteiger partial charge on any atom is 0.419 e. The van der Waals surface area contributed by atoms with E-state index in [1.165, 1.54) is 47.3 Å². The van der Waals surface area contributed by atoms with Crippen LogP contribution in [-0.4, -0.2) is 63.9 Å². The van der Waals surface area contributed by atoms with Gasteiger partial charge in [-0.25, -0.2) is 13.5 Å². The Morgan fingerprint density at radius 1 is 1.05 bits per heavy atom. The highest BCUT2D eigenvalue weighted by atomic mass is 19.4. The number of ether oxygens (including phenoxy) is 1. The van der Waals surface area contributed by atoms with Crippen molar-refractivity contribution in [2.45, 2.75) is 24.6 Å². The van der Waals surface area contributed by atoms with Crippen molar-refractivity contribution in [3.8, 4) is 22.7 Å². The Morgan fingerprint density at radius 2 is 1.82 bits per heavy atom. The summed E-state index contributed by atoms with van der Waals surface area (Å²) in [6, 6.07) is 11.3. The number of carbonyl (C=O) groups excluding carboxylic acids is 2. The van der Waals surface area contributed by atoms with Gasteiger partial charge in [0.15, 0.2) is 5.69 Å². The number of anilines is 1. The smallest absolute Gasteiger partial charge is 0.419 e. The van der Waals surface area contributed by atoms with E-state index in [1.54, 1.807) is 18.2 Å². The molecule has 6 rings (SSSR count). The molecule has 4 aromatic rings. The van der Waals surface area contributed by atoms with Crippen molar-refractivity contribution in [3.05, 3.63) is 89.9 Å². The van der Waals surface area contributed by atoms with Crippen molar-refractivity contribution in [2.24, 2.45) is 0 Å².